The molecule has 3 aromatic heterocycles. The first-order chi connectivity index (χ1) is 13.5. The molecule has 0 amide bonds. The molecule has 1 atom stereocenters. The van der Waals surface area contributed by atoms with Crippen molar-refractivity contribution in [2.75, 3.05) is 31.7 Å². The first kappa shape index (κ1) is 19.1. The van der Waals surface area contributed by atoms with Crippen LogP contribution in [0, 0.1) is 0 Å². The van der Waals surface area contributed by atoms with Gasteiger partial charge < -0.3 is 9.64 Å². The minimum absolute atomic E-state index is 0.0291. The van der Waals surface area contributed by atoms with Gasteiger partial charge in [0.2, 0.25) is 5.13 Å². The van der Waals surface area contributed by atoms with E-state index in [9.17, 15) is 13.2 Å². The Kier molecular flexibility index (Phi) is 5.19. The molecule has 3 aromatic rings. The van der Waals surface area contributed by atoms with Crippen LogP contribution in [0.15, 0.2) is 18.3 Å². The summed E-state index contributed by atoms with van der Waals surface area (Å²) < 4.78 is 50.1. The Morgan fingerprint density at radius 2 is 2.14 bits per heavy atom. The number of hydrogen-bond acceptors (Lipinski definition) is 7. The molecule has 0 N–H and O–H groups in total. The molecule has 0 spiro atoms. The van der Waals surface area contributed by atoms with Crippen LogP contribution < -0.4 is 4.90 Å². The van der Waals surface area contributed by atoms with Crippen LogP contribution in [-0.4, -0.2) is 50.8 Å². The molecule has 1 aliphatic heterocycles. The molecule has 0 aliphatic carbocycles. The average Bonchev–Trinajstić information content (AvgIpc) is 3.32. The van der Waals surface area contributed by atoms with Gasteiger partial charge in [0.15, 0.2) is 5.65 Å². The lowest BCUT2D eigenvalue weighted by molar-refractivity contribution is -0.137. The maximum Gasteiger partial charge on any atom is 0.417 e. The molecule has 150 valence electrons. The lowest BCUT2D eigenvalue weighted by Crippen LogP contribution is -2.35. The van der Waals surface area contributed by atoms with Crippen molar-refractivity contribution in [3.63, 3.8) is 0 Å². The number of nitrogens with zero attached hydrogens (tertiary/aromatic N) is 6. The van der Waals surface area contributed by atoms with Gasteiger partial charge in [0.25, 0.3) is 0 Å². The van der Waals surface area contributed by atoms with Gasteiger partial charge in [-0.2, -0.15) is 17.5 Å². The fourth-order valence-electron chi connectivity index (χ4n) is 3.38. The Balaban J connectivity index is 1.57. The average molecular weight is 412 g/mol. The van der Waals surface area contributed by atoms with Crippen LogP contribution in [0.5, 0.6) is 0 Å². The molecule has 0 bridgehead atoms. The zero-order chi connectivity index (χ0) is 19.7. The van der Waals surface area contributed by atoms with Crippen molar-refractivity contribution in [1.82, 2.24) is 24.0 Å². The lowest BCUT2D eigenvalue weighted by atomic mass is 9.97. The van der Waals surface area contributed by atoms with E-state index in [-0.39, 0.29) is 5.92 Å². The Bertz CT molecular complexity index is 956. The van der Waals surface area contributed by atoms with Crippen molar-refractivity contribution in [2.45, 2.75) is 31.4 Å². The molecule has 28 heavy (non-hydrogen) atoms. The highest BCUT2D eigenvalue weighted by atomic mass is 32.1. The van der Waals surface area contributed by atoms with Crippen LogP contribution in [0.2, 0.25) is 0 Å². The van der Waals surface area contributed by atoms with Crippen LogP contribution in [0.3, 0.4) is 0 Å². The second kappa shape index (κ2) is 7.63. The zero-order valence-corrected chi connectivity index (χ0v) is 16.0. The standard InChI is InChI=1S/C17H19F3N6OS/c1-27-8-6-13-21-16(28-24-13)25-7-2-3-11(9-25)15-23-22-14-5-4-12(10-26(14)15)17(18,19)20/h4-5,10-11H,2-3,6-9H2,1H3. The summed E-state index contributed by atoms with van der Waals surface area (Å²) in [4.78, 5) is 6.68. The summed E-state index contributed by atoms with van der Waals surface area (Å²) in [5.74, 6) is 1.26. The van der Waals surface area contributed by atoms with Gasteiger partial charge in [-0.25, -0.2) is 4.98 Å². The number of aromatic nitrogens is 5. The van der Waals surface area contributed by atoms with E-state index in [1.807, 2.05) is 0 Å². The van der Waals surface area contributed by atoms with Crippen molar-refractivity contribution in [2.24, 2.45) is 0 Å². The molecule has 11 heteroatoms. The van der Waals surface area contributed by atoms with Gasteiger partial charge in [0, 0.05) is 50.3 Å². The van der Waals surface area contributed by atoms with Crippen LogP contribution >= 0.6 is 11.5 Å². The van der Waals surface area contributed by atoms with Crippen molar-refractivity contribution in [3.8, 4) is 0 Å². The Morgan fingerprint density at radius 3 is 2.93 bits per heavy atom. The van der Waals surface area contributed by atoms with Gasteiger partial charge in [-0.1, -0.05) is 0 Å². The minimum Gasteiger partial charge on any atom is -0.384 e. The van der Waals surface area contributed by atoms with Gasteiger partial charge in [0.1, 0.15) is 11.6 Å². The van der Waals surface area contributed by atoms with Crippen LogP contribution in [0.25, 0.3) is 5.65 Å². The highest BCUT2D eigenvalue weighted by Crippen LogP contribution is 2.32. The number of fused-ring (bicyclic) bond motifs is 1. The second-order valence-corrected chi connectivity index (χ2v) is 7.45. The van der Waals surface area contributed by atoms with E-state index >= 15 is 0 Å². The van der Waals surface area contributed by atoms with E-state index in [2.05, 4.69) is 24.5 Å². The smallest absolute Gasteiger partial charge is 0.384 e. The number of piperidine rings is 1. The Hall–Kier alpha value is -2.27. The molecule has 0 saturated carbocycles. The molecule has 1 fully saturated rings. The third-order valence-corrected chi connectivity index (χ3v) is 5.62. The maximum atomic E-state index is 13.1. The van der Waals surface area contributed by atoms with Gasteiger partial charge in [-0.3, -0.25) is 4.40 Å². The minimum atomic E-state index is -4.40. The topological polar surface area (TPSA) is 68.4 Å². The van der Waals surface area contributed by atoms with Crippen molar-refractivity contribution >= 4 is 22.3 Å². The third kappa shape index (κ3) is 3.81. The first-order valence-electron chi connectivity index (χ1n) is 8.94. The summed E-state index contributed by atoms with van der Waals surface area (Å²) in [7, 11) is 1.63. The van der Waals surface area contributed by atoms with E-state index in [4.69, 9.17) is 4.74 Å². The zero-order valence-electron chi connectivity index (χ0n) is 15.2. The maximum absolute atomic E-state index is 13.1. The summed E-state index contributed by atoms with van der Waals surface area (Å²) in [6.45, 7) is 2.02. The number of rotatable bonds is 5. The fourth-order valence-corrected chi connectivity index (χ4v) is 4.13. The number of halogens is 3. The molecule has 4 rings (SSSR count). The Morgan fingerprint density at radius 1 is 1.29 bits per heavy atom. The molecule has 7 nitrogen and oxygen atoms in total. The summed E-state index contributed by atoms with van der Waals surface area (Å²) >= 11 is 1.33. The van der Waals surface area contributed by atoms with Gasteiger partial charge in [-0.15, -0.1) is 10.2 Å². The molecule has 0 radical (unpaired) electrons. The van der Waals surface area contributed by atoms with E-state index < -0.39 is 11.7 Å². The fraction of sp³-hybridized carbons (Fsp3) is 0.529. The Labute approximate surface area is 163 Å². The van der Waals surface area contributed by atoms with E-state index in [1.54, 1.807) is 7.11 Å². The predicted octanol–water partition coefficient (Wildman–Crippen LogP) is 3.17. The van der Waals surface area contributed by atoms with Gasteiger partial charge in [0.05, 0.1) is 12.2 Å². The van der Waals surface area contributed by atoms with Crippen LogP contribution in [0.4, 0.5) is 18.3 Å². The van der Waals surface area contributed by atoms with Crippen molar-refractivity contribution < 1.29 is 17.9 Å². The number of hydrogen-bond donors (Lipinski definition) is 0. The molecule has 1 saturated heterocycles. The van der Waals surface area contributed by atoms with Crippen LogP contribution in [-0.2, 0) is 17.3 Å². The SMILES string of the molecule is COCCc1nsc(N2CCCC(c3nnc4ccc(C(F)(F)F)cn34)C2)n1. The number of anilines is 1. The largest absolute Gasteiger partial charge is 0.417 e. The molecular formula is C17H19F3N6OS. The summed E-state index contributed by atoms with van der Waals surface area (Å²) in [5, 5.41) is 9.05. The normalized spacial score (nSPS) is 18.1. The molecule has 4 heterocycles. The highest BCUT2D eigenvalue weighted by molar-refractivity contribution is 7.09. The molecular weight excluding hydrogens is 393 g/mol. The number of ether oxygens (including phenoxy) is 1. The second-order valence-electron chi connectivity index (χ2n) is 6.72. The highest BCUT2D eigenvalue weighted by Gasteiger charge is 2.32. The van der Waals surface area contributed by atoms with Crippen molar-refractivity contribution in [1.29, 1.82) is 0 Å². The number of alkyl halides is 3. The monoisotopic (exact) mass is 412 g/mol. The first-order valence-corrected chi connectivity index (χ1v) is 9.71. The molecule has 1 unspecified atom stereocenters. The third-order valence-electron chi connectivity index (χ3n) is 4.80. The van der Waals surface area contributed by atoms with Crippen LogP contribution in [0.1, 0.15) is 36.0 Å². The van der Waals surface area contributed by atoms with Crippen molar-refractivity contribution in [3.05, 3.63) is 35.5 Å². The van der Waals surface area contributed by atoms with E-state index in [1.165, 1.54) is 22.0 Å². The summed E-state index contributed by atoms with van der Waals surface area (Å²) in [5.41, 5.74) is -0.293. The summed E-state index contributed by atoms with van der Waals surface area (Å²) in [6, 6.07) is 2.39. The molecule has 0 aromatic carbocycles. The van der Waals surface area contributed by atoms with E-state index in [0.717, 1.165) is 42.6 Å². The lowest BCUT2D eigenvalue weighted by Gasteiger charge is -2.31. The number of methoxy groups -OCH3 is 1. The van der Waals surface area contributed by atoms with Gasteiger partial charge in [-0.05, 0) is 25.0 Å². The molecule has 1 aliphatic rings. The quantitative estimate of drug-likeness (QED) is 0.641. The van der Waals surface area contributed by atoms with Gasteiger partial charge >= 0.3 is 6.18 Å². The van der Waals surface area contributed by atoms with E-state index in [0.29, 0.717) is 31.0 Å². The number of pyridine rings is 1. The predicted molar refractivity (Wildman–Crippen MR) is 97.7 cm³/mol. The summed E-state index contributed by atoms with van der Waals surface area (Å²) in [6.07, 6.45) is -0.940.